The van der Waals surface area contributed by atoms with Crippen molar-refractivity contribution in [1.82, 2.24) is 25.9 Å². The van der Waals surface area contributed by atoms with E-state index in [9.17, 15) is 4.79 Å². The molecule has 0 radical (unpaired) electrons. The zero-order valence-electron chi connectivity index (χ0n) is 9.48. The van der Waals surface area contributed by atoms with Crippen LogP contribution in [0.1, 0.15) is 16.2 Å². The van der Waals surface area contributed by atoms with Gasteiger partial charge in [0.1, 0.15) is 5.75 Å². The number of ether oxygens (including phenoxy) is 1. The van der Waals surface area contributed by atoms with Crippen LogP contribution in [0.4, 0.5) is 0 Å². The van der Waals surface area contributed by atoms with Gasteiger partial charge in [0.2, 0.25) is 0 Å². The van der Waals surface area contributed by atoms with Crippen LogP contribution in [0.15, 0.2) is 18.2 Å². The zero-order chi connectivity index (χ0) is 13.0. The number of hydrogen-bond acceptors (Lipinski definition) is 5. The minimum Gasteiger partial charge on any atom is -0.496 e. The van der Waals surface area contributed by atoms with Crippen LogP contribution in [0, 0.1) is 0 Å². The molecule has 0 aliphatic carbocycles. The second-order valence-electron chi connectivity index (χ2n) is 3.34. The predicted octanol–water partition coefficient (Wildman–Crippen LogP) is 0.792. The molecule has 1 aromatic heterocycles. The van der Waals surface area contributed by atoms with E-state index in [4.69, 9.17) is 16.3 Å². The molecule has 7 nitrogen and oxygen atoms in total. The molecule has 1 heterocycles. The Balaban J connectivity index is 2.09. The minimum atomic E-state index is -0.439. The highest BCUT2D eigenvalue weighted by atomic mass is 35.5. The van der Waals surface area contributed by atoms with Crippen molar-refractivity contribution < 1.29 is 9.53 Å². The summed E-state index contributed by atoms with van der Waals surface area (Å²) in [4.78, 5) is 11.6. The zero-order valence-corrected chi connectivity index (χ0v) is 10.2. The summed E-state index contributed by atoms with van der Waals surface area (Å²) in [6, 6.07) is 5.26. The van der Waals surface area contributed by atoms with Gasteiger partial charge >= 0.3 is 0 Å². The van der Waals surface area contributed by atoms with Crippen LogP contribution < -0.4 is 10.1 Å². The number of rotatable bonds is 4. The monoisotopic (exact) mass is 267 g/mol. The third-order valence-electron chi connectivity index (χ3n) is 2.27. The maximum atomic E-state index is 11.6. The fraction of sp³-hybridized carbons (Fsp3) is 0.200. The lowest BCUT2D eigenvalue weighted by molar-refractivity contribution is 0.0940. The lowest BCUT2D eigenvalue weighted by atomic mass is 10.2. The molecular formula is C10H10ClN5O2. The molecule has 8 heteroatoms. The maximum absolute atomic E-state index is 11.6. The lowest BCUT2D eigenvalue weighted by Gasteiger charge is -2.10. The summed E-state index contributed by atoms with van der Waals surface area (Å²) in [5, 5.41) is 15.8. The van der Waals surface area contributed by atoms with Crippen molar-refractivity contribution in [3.8, 4) is 5.75 Å². The van der Waals surface area contributed by atoms with E-state index < -0.39 is 5.91 Å². The Hall–Kier alpha value is -2.15. The number of carbonyl (C=O) groups excluding carboxylic acids is 1. The average Bonchev–Trinajstić information content (AvgIpc) is 2.90. The maximum Gasteiger partial charge on any atom is 0.293 e. The molecule has 18 heavy (non-hydrogen) atoms. The molecule has 0 saturated carbocycles. The van der Waals surface area contributed by atoms with E-state index in [1.54, 1.807) is 18.2 Å². The SMILES string of the molecule is COc1cccc(Cl)c1CNC(=O)c1nn[nH]n1. The summed E-state index contributed by atoms with van der Waals surface area (Å²) < 4.78 is 5.16. The standard InChI is InChI=1S/C10H10ClN5O2/c1-18-8-4-2-3-7(11)6(8)5-12-10(17)9-13-15-16-14-9/h2-4H,5H2,1H3,(H,12,17)(H,13,14,15,16). The van der Waals surface area contributed by atoms with Gasteiger partial charge in [-0.25, -0.2) is 0 Å². The predicted molar refractivity (Wildman–Crippen MR) is 63.4 cm³/mol. The first kappa shape index (κ1) is 12.3. The van der Waals surface area contributed by atoms with Crippen molar-refractivity contribution in [2.75, 3.05) is 7.11 Å². The van der Waals surface area contributed by atoms with Crippen LogP contribution in [0.3, 0.4) is 0 Å². The van der Waals surface area contributed by atoms with Gasteiger partial charge in [-0.05, 0) is 17.3 Å². The van der Waals surface area contributed by atoms with Gasteiger partial charge in [-0.15, -0.1) is 10.2 Å². The van der Waals surface area contributed by atoms with Crippen molar-refractivity contribution in [2.24, 2.45) is 0 Å². The van der Waals surface area contributed by atoms with Gasteiger partial charge in [0.15, 0.2) is 0 Å². The van der Waals surface area contributed by atoms with Crippen LogP contribution in [0.5, 0.6) is 5.75 Å². The summed E-state index contributed by atoms with van der Waals surface area (Å²) in [6.07, 6.45) is 0. The first-order chi connectivity index (χ1) is 8.72. The third-order valence-corrected chi connectivity index (χ3v) is 2.62. The van der Waals surface area contributed by atoms with Crippen molar-refractivity contribution in [3.63, 3.8) is 0 Å². The molecule has 0 unspecified atom stereocenters. The normalized spacial score (nSPS) is 10.1. The van der Waals surface area contributed by atoms with Gasteiger partial charge in [0.05, 0.1) is 7.11 Å². The van der Waals surface area contributed by atoms with Gasteiger partial charge in [-0.3, -0.25) is 4.79 Å². The van der Waals surface area contributed by atoms with Crippen molar-refractivity contribution in [3.05, 3.63) is 34.6 Å². The molecule has 0 aliphatic heterocycles. The van der Waals surface area contributed by atoms with Crippen molar-refractivity contribution in [1.29, 1.82) is 0 Å². The molecule has 94 valence electrons. The van der Waals surface area contributed by atoms with Gasteiger partial charge in [0.25, 0.3) is 11.7 Å². The number of carbonyl (C=O) groups is 1. The first-order valence-electron chi connectivity index (χ1n) is 5.05. The van der Waals surface area contributed by atoms with E-state index >= 15 is 0 Å². The Morgan fingerprint density at radius 3 is 3.06 bits per heavy atom. The van der Waals surface area contributed by atoms with E-state index in [1.807, 2.05) is 0 Å². The number of H-pyrrole nitrogens is 1. The van der Waals surface area contributed by atoms with Gasteiger partial charge in [-0.1, -0.05) is 17.7 Å². The van der Waals surface area contributed by atoms with Gasteiger partial charge in [-0.2, -0.15) is 5.21 Å². The Bertz CT molecular complexity index is 543. The van der Waals surface area contributed by atoms with E-state index in [-0.39, 0.29) is 12.4 Å². The molecule has 0 saturated heterocycles. The molecule has 1 aromatic carbocycles. The number of methoxy groups -OCH3 is 1. The number of benzene rings is 1. The highest BCUT2D eigenvalue weighted by molar-refractivity contribution is 6.31. The fourth-order valence-electron chi connectivity index (χ4n) is 1.41. The Kier molecular flexibility index (Phi) is 3.73. The number of aromatic amines is 1. The van der Waals surface area contributed by atoms with Crippen LogP contribution in [0.2, 0.25) is 5.02 Å². The van der Waals surface area contributed by atoms with E-state index in [2.05, 4.69) is 25.9 Å². The Morgan fingerprint density at radius 2 is 2.39 bits per heavy atom. The molecule has 2 aromatic rings. The summed E-state index contributed by atoms with van der Waals surface area (Å²) in [7, 11) is 1.54. The Morgan fingerprint density at radius 1 is 1.56 bits per heavy atom. The number of nitrogens with one attached hydrogen (secondary N) is 2. The van der Waals surface area contributed by atoms with Gasteiger partial charge < -0.3 is 10.1 Å². The second-order valence-corrected chi connectivity index (χ2v) is 3.75. The summed E-state index contributed by atoms with van der Waals surface area (Å²) in [5.74, 6) is 0.141. The number of aromatic nitrogens is 4. The van der Waals surface area contributed by atoms with Crippen LogP contribution >= 0.6 is 11.6 Å². The lowest BCUT2D eigenvalue weighted by Crippen LogP contribution is -2.24. The summed E-state index contributed by atoms with van der Waals surface area (Å²) >= 11 is 6.04. The largest absolute Gasteiger partial charge is 0.496 e. The average molecular weight is 268 g/mol. The number of halogens is 1. The second kappa shape index (κ2) is 5.46. The van der Waals surface area contributed by atoms with E-state index in [1.165, 1.54) is 7.11 Å². The van der Waals surface area contributed by atoms with Crippen LogP contribution in [-0.4, -0.2) is 33.6 Å². The van der Waals surface area contributed by atoms with Crippen molar-refractivity contribution >= 4 is 17.5 Å². The van der Waals surface area contributed by atoms with Crippen LogP contribution in [-0.2, 0) is 6.54 Å². The molecular weight excluding hydrogens is 258 g/mol. The molecule has 0 fully saturated rings. The number of tetrazole rings is 1. The quantitative estimate of drug-likeness (QED) is 0.854. The molecule has 2 rings (SSSR count). The summed E-state index contributed by atoms with van der Waals surface area (Å²) in [5.41, 5.74) is 0.693. The van der Waals surface area contributed by atoms with Crippen LogP contribution in [0.25, 0.3) is 0 Å². The molecule has 0 spiro atoms. The van der Waals surface area contributed by atoms with E-state index in [0.717, 1.165) is 0 Å². The minimum absolute atomic E-state index is 0.0268. The molecule has 1 amide bonds. The molecule has 0 bridgehead atoms. The third kappa shape index (κ3) is 2.57. The number of hydrogen-bond donors (Lipinski definition) is 2. The molecule has 0 atom stereocenters. The highest BCUT2D eigenvalue weighted by Gasteiger charge is 2.13. The first-order valence-corrected chi connectivity index (χ1v) is 5.43. The number of amides is 1. The smallest absolute Gasteiger partial charge is 0.293 e. The molecule has 2 N–H and O–H groups in total. The molecule has 0 aliphatic rings. The van der Waals surface area contributed by atoms with Gasteiger partial charge in [0, 0.05) is 17.1 Å². The topological polar surface area (TPSA) is 92.8 Å². The van der Waals surface area contributed by atoms with Crippen molar-refractivity contribution in [2.45, 2.75) is 6.54 Å². The van der Waals surface area contributed by atoms with E-state index in [0.29, 0.717) is 16.3 Å². The fourth-order valence-corrected chi connectivity index (χ4v) is 1.64. The summed E-state index contributed by atoms with van der Waals surface area (Å²) in [6.45, 7) is 0.218. The Labute approximate surface area is 107 Å². The number of nitrogens with zero attached hydrogens (tertiary/aromatic N) is 3. The highest BCUT2D eigenvalue weighted by Crippen LogP contribution is 2.25.